The van der Waals surface area contributed by atoms with E-state index in [1.807, 2.05) is 6.92 Å². The standard InChI is InChI=1S/C14H18N4O2/c1-9-6-16-11(7-15-9)14(20)18-8-13(19)17-10-4-2-3-5-12(10)18/h6-7,10,12H,2-5,8H2,1H3,(H,17,19)/t10-,12+/m0/s1. The first-order chi connectivity index (χ1) is 9.65. The Morgan fingerprint density at radius 1 is 1.30 bits per heavy atom. The van der Waals surface area contributed by atoms with Crippen molar-refractivity contribution in [3.63, 3.8) is 0 Å². The Hall–Kier alpha value is -1.98. The highest BCUT2D eigenvalue weighted by atomic mass is 16.2. The highest BCUT2D eigenvalue weighted by Gasteiger charge is 2.39. The highest BCUT2D eigenvalue weighted by Crippen LogP contribution is 2.26. The van der Waals surface area contributed by atoms with Crippen LogP contribution in [-0.2, 0) is 4.79 Å². The molecular weight excluding hydrogens is 256 g/mol. The number of carbonyl (C=O) groups is 2. The van der Waals surface area contributed by atoms with Gasteiger partial charge in [0.2, 0.25) is 5.91 Å². The molecule has 6 heteroatoms. The molecule has 2 fully saturated rings. The predicted molar refractivity (Wildman–Crippen MR) is 72.0 cm³/mol. The zero-order valence-corrected chi connectivity index (χ0v) is 11.5. The van der Waals surface area contributed by atoms with E-state index in [0.29, 0.717) is 5.69 Å². The zero-order chi connectivity index (χ0) is 14.1. The molecule has 2 heterocycles. The van der Waals surface area contributed by atoms with E-state index in [2.05, 4.69) is 15.3 Å². The van der Waals surface area contributed by atoms with Gasteiger partial charge in [-0.3, -0.25) is 14.6 Å². The molecule has 0 aromatic carbocycles. The predicted octanol–water partition coefficient (Wildman–Crippen LogP) is 0.668. The fourth-order valence-electron chi connectivity index (χ4n) is 3.05. The molecule has 106 valence electrons. The zero-order valence-electron chi connectivity index (χ0n) is 11.5. The molecule has 1 aliphatic heterocycles. The Balaban J connectivity index is 1.84. The van der Waals surface area contributed by atoms with E-state index in [1.54, 1.807) is 11.1 Å². The van der Waals surface area contributed by atoms with Crippen molar-refractivity contribution in [2.75, 3.05) is 6.54 Å². The lowest BCUT2D eigenvalue weighted by Gasteiger charge is -2.43. The molecule has 1 saturated heterocycles. The fourth-order valence-corrected chi connectivity index (χ4v) is 3.05. The average Bonchev–Trinajstić information content (AvgIpc) is 2.46. The molecule has 0 unspecified atom stereocenters. The Bertz CT molecular complexity index is 528. The van der Waals surface area contributed by atoms with Crippen LogP contribution in [0.15, 0.2) is 12.4 Å². The molecule has 0 bridgehead atoms. The summed E-state index contributed by atoms with van der Waals surface area (Å²) >= 11 is 0. The van der Waals surface area contributed by atoms with Gasteiger partial charge in [-0.1, -0.05) is 12.8 Å². The molecule has 6 nitrogen and oxygen atoms in total. The van der Waals surface area contributed by atoms with Gasteiger partial charge in [0.25, 0.3) is 5.91 Å². The summed E-state index contributed by atoms with van der Waals surface area (Å²) in [5, 5.41) is 2.99. The first-order valence-corrected chi connectivity index (χ1v) is 7.04. The van der Waals surface area contributed by atoms with Crippen LogP contribution in [-0.4, -0.2) is 45.3 Å². The topological polar surface area (TPSA) is 75.2 Å². The summed E-state index contributed by atoms with van der Waals surface area (Å²) in [6, 6.07) is 0.185. The van der Waals surface area contributed by atoms with Crippen LogP contribution in [0.4, 0.5) is 0 Å². The van der Waals surface area contributed by atoms with Gasteiger partial charge >= 0.3 is 0 Å². The van der Waals surface area contributed by atoms with Gasteiger partial charge in [-0.15, -0.1) is 0 Å². The number of piperazine rings is 1. The van der Waals surface area contributed by atoms with Gasteiger partial charge in [0, 0.05) is 12.2 Å². The van der Waals surface area contributed by atoms with E-state index in [1.165, 1.54) is 6.20 Å². The summed E-state index contributed by atoms with van der Waals surface area (Å²) in [6.07, 6.45) is 7.15. The van der Waals surface area contributed by atoms with Crippen molar-refractivity contribution in [3.05, 3.63) is 23.8 Å². The third-order valence-electron chi connectivity index (χ3n) is 4.05. The van der Waals surface area contributed by atoms with Crippen LogP contribution in [0.3, 0.4) is 0 Å². The first kappa shape index (κ1) is 13.0. The summed E-state index contributed by atoms with van der Waals surface area (Å²) in [7, 11) is 0. The molecule has 20 heavy (non-hydrogen) atoms. The van der Waals surface area contributed by atoms with Gasteiger partial charge in [-0.05, 0) is 19.8 Å². The van der Waals surface area contributed by atoms with E-state index >= 15 is 0 Å². The van der Waals surface area contributed by atoms with Gasteiger partial charge in [-0.25, -0.2) is 4.98 Å². The third kappa shape index (κ3) is 2.37. The van der Waals surface area contributed by atoms with Crippen LogP contribution in [0, 0.1) is 6.92 Å². The van der Waals surface area contributed by atoms with Crippen molar-refractivity contribution in [1.82, 2.24) is 20.2 Å². The van der Waals surface area contributed by atoms with Gasteiger partial charge in [0.15, 0.2) is 0 Å². The molecule has 1 aliphatic carbocycles. The molecule has 1 N–H and O–H groups in total. The van der Waals surface area contributed by atoms with Gasteiger partial charge in [0.05, 0.1) is 17.9 Å². The maximum Gasteiger partial charge on any atom is 0.274 e. The molecule has 0 radical (unpaired) electrons. The Morgan fingerprint density at radius 2 is 2.10 bits per heavy atom. The van der Waals surface area contributed by atoms with Crippen LogP contribution in [0.1, 0.15) is 41.9 Å². The summed E-state index contributed by atoms with van der Waals surface area (Å²) in [4.78, 5) is 34.2. The average molecular weight is 274 g/mol. The fraction of sp³-hybridized carbons (Fsp3) is 0.571. The largest absolute Gasteiger partial charge is 0.350 e. The van der Waals surface area contributed by atoms with Crippen molar-refractivity contribution >= 4 is 11.8 Å². The number of carbonyl (C=O) groups excluding carboxylic acids is 2. The monoisotopic (exact) mass is 274 g/mol. The second-order valence-electron chi connectivity index (χ2n) is 5.50. The van der Waals surface area contributed by atoms with E-state index < -0.39 is 0 Å². The smallest absolute Gasteiger partial charge is 0.274 e. The maximum atomic E-state index is 12.6. The van der Waals surface area contributed by atoms with Crippen molar-refractivity contribution in [3.8, 4) is 0 Å². The molecule has 2 aliphatic rings. The van der Waals surface area contributed by atoms with Gasteiger partial charge < -0.3 is 10.2 Å². The third-order valence-corrected chi connectivity index (χ3v) is 4.05. The van der Waals surface area contributed by atoms with Crippen LogP contribution in [0.5, 0.6) is 0 Å². The van der Waals surface area contributed by atoms with Crippen LogP contribution in [0.25, 0.3) is 0 Å². The summed E-state index contributed by atoms with van der Waals surface area (Å²) < 4.78 is 0. The molecule has 2 atom stereocenters. The lowest BCUT2D eigenvalue weighted by Crippen LogP contribution is -2.63. The second-order valence-corrected chi connectivity index (χ2v) is 5.50. The number of aromatic nitrogens is 2. The molecule has 3 rings (SSSR count). The van der Waals surface area contributed by atoms with Crippen molar-refractivity contribution in [1.29, 1.82) is 0 Å². The Labute approximate surface area is 117 Å². The summed E-state index contributed by atoms with van der Waals surface area (Å²) in [5.74, 6) is -0.272. The molecule has 1 aromatic heterocycles. The van der Waals surface area contributed by atoms with Gasteiger partial charge in [0.1, 0.15) is 12.2 Å². The highest BCUT2D eigenvalue weighted by molar-refractivity contribution is 5.95. The number of nitrogens with zero attached hydrogens (tertiary/aromatic N) is 3. The van der Waals surface area contributed by atoms with E-state index in [-0.39, 0.29) is 30.4 Å². The first-order valence-electron chi connectivity index (χ1n) is 7.04. The summed E-state index contributed by atoms with van der Waals surface area (Å²) in [5.41, 5.74) is 1.09. The van der Waals surface area contributed by atoms with Crippen molar-refractivity contribution in [2.45, 2.75) is 44.7 Å². The molecule has 1 saturated carbocycles. The van der Waals surface area contributed by atoms with Crippen molar-refractivity contribution in [2.24, 2.45) is 0 Å². The molecule has 0 spiro atoms. The second kappa shape index (κ2) is 5.19. The molecule has 2 amide bonds. The minimum atomic E-state index is -0.191. The van der Waals surface area contributed by atoms with Crippen LogP contribution < -0.4 is 5.32 Å². The number of nitrogens with one attached hydrogen (secondary N) is 1. The lowest BCUT2D eigenvalue weighted by atomic mass is 9.87. The normalized spacial score (nSPS) is 25.9. The quantitative estimate of drug-likeness (QED) is 0.816. The molecular formula is C14H18N4O2. The van der Waals surface area contributed by atoms with Crippen LogP contribution >= 0.6 is 0 Å². The molecule has 1 aromatic rings. The maximum absolute atomic E-state index is 12.6. The van der Waals surface area contributed by atoms with Crippen molar-refractivity contribution < 1.29 is 9.59 Å². The lowest BCUT2D eigenvalue weighted by molar-refractivity contribution is -0.127. The Kier molecular flexibility index (Phi) is 3.38. The summed E-state index contributed by atoms with van der Waals surface area (Å²) in [6.45, 7) is 1.95. The number of hydrogen-bond donors (Lipinski definition) is 1. The SMILES string of the molecule is Cc1cnc(C(=O)N2CC(=O)N[C@H]3CCCC[C@H]32)cn1. The number of hydrogen-bond acceptors (Lipinski definition) is 4. The number of aryl methyl sites for hydroxylation is 1. The Morgan fingerprint density at radius 3 is 2.85 bits per heavy atom. The van der Waals surface area contributed by atoms with Crippen LogP contribution in [0.2, 0.25) is 0 Å². The minimum absolute atomic E-state index is 0.0819. The van der Waals surface area contributed by atoms with E-state index in [0.717, 1.165) is 31.4 Å². The van der Waals surface area contributed by atoms with E-state index in [9.17, 15) is 9.59 Å². The minimum Gasteiger partial charge on any atom is -0.350 e. The number of fused-ring (bicyclic) bond motifs is 1. The van der Waals surface area contributed by atoms with E-state index in [4.69, 9.17) is 0 Å². The number of amides is 2. The van der Waals surface area contributed by atoms with Gasteiger partial charge in [-0.2, -0.15) is 0 Å². The number of rotatable bonds is 1.